The molecule has 0 spiro atoms. The molecular formula is C17H22O3S2. The summed E-state index contributed by atoms with van der Waals surface area (Å²) in [4.78, 5) is 12.7. The summed E-state index contributed by atoms with van der Waals surface area (Å²) in [7, 11) is -3.42. The average molecular weight is 338 g/mol. The molecule has 1 unspecified atom stereocenters. The lowest BCUT2D eigenvalue weighted by molar-refractivity contribution is -0.115. The lowest BCUT2D eigenvalue weighted by Gasteiger charge is -2.58. The van der Waals surface area contributed by atoms with Crippen molar-refractivity contribution in [1.29, 1.82) is 0 Å². The number of carbonyl (C=O) groups is 1. The molecule has 4 saturated carbocycles. The van der Waals surface area contributed by atoms with Crippen LogP contribution in [0.1, 0.15) is 43.4 Å². The van der Waals surface area contributed by atoms with Gasteiger partial charge in [-0.2, -0.15) is 0 Å². The maximum atomic E-state index is 12.9. The molecule has 0 aliphatic heterocycles. The van der Waals surface area contributed by atoms with Gasteiger partial charge in [0.25, 0.3) is 0 Å². The second-order valence-corrected chi connectivity index (χ2v) is 10.9. The largest absolute Gasteiger partial charge is 0.302 e. The maximum Gasteiger partial charge on any atom is 0.165 e. The van der Waals surface area contributed by atoms with Crippen LogP contribution in [-0.4, -0.2) is 20.0 Å². The zero-order valence-corrected chi connectivity index (χ0v) is 14.2. The summed E-state index contributed by atoms with van der Waals surface area (Å²) in [5.41, 5.74) is -0.257. The molecule has 0 N–H and O–H groups in total. The normalized spacial score (nSPS) is 38.1. The first kappa shape index (κ1) is 14.9. The van der Waals surface area contributed by atoms with Gasteiger partial charge in [0, 0.05) is 4.88 Å². The van der Waals surface area contributed by atoms with E-state index in [-0.39, 0.29) is 11.2 Å². The van der Waals surface area contributed by atoms with Crippen LogP contribution in [0.5, 0.6) is 0 Å². The van der Waals surface area contributed by atoms with Gasteiger partial charge in [0.15, 0.2) is 9.84 Å². The minimum atomic E-state index is -3.42. The first-order valence-electron chi connectivity index (χ1n) is 8.20. The van der Waals surface area contributed by atoms with E-state index in [9.17, 15) is 13.2 Å². The third kappa shape index (κ3) is 2.37. The molecule has 0 saturated heterocycles. The number of sulfone groups is 1. The van der Waals surface area contributed by atoms with Crippen LogP contribution in [-0.2, 0) is 20.4 Å². The Morgan fingerprint density at radius 2 is 1.77 bits per heavy atom. The summed E-state index contributed by atoms with van der Waals surface area (Å²) in [5, 5.41) is 1.10. The molecule has 0 amide bonds. The van der Waals surface area contributed by atoms with Gasteiger partial charge in [-0.25, -0.2) is 8.42 Å². The second-order valence-electron chi connectivity index (χ2n) is 7.72. The minimum Gasteiger partial charge on any atom is -0.302 e. The first-order chi connectivity index (χ1) is 10.5. The Morgan fingerprint density at radius 3 is 2.23 bits per heavy atom. The van der Waals surface area contributed by atoms with Gasteiger partial charge in [0.05, 0.1) is 5.75 Å². The van der Waals surface area contributed by atoms with Crippen molar-refractivity contribution in [1.82, 2.24) is 0 Å². The highest BCUT2D eigenvalue weighted by molar-refractivity contribution is 7.92. The van der Waals surface area contributed by atoms with Crippen molar-refractivity contribution < 1.29 is 13.2 Å². The van der Waals surface area contributed by atoms with Gasteiger partial charge in [-0.1, -0.05) is 6.07 Å². The van der Waals surface area contributed by atoms with Crippen molar-refractivity contribution in [2.45, 2.75) is 49.5 Å². The number of hydrogen-bond acceptors (Lipinski definition) is 4. The Morgan fingerprint density at radius 1 is 1.18 bits per heavy atom. The van der Waals surface area contributed by atoms with E-state index in [1.54, 1.807) is 0 Å². The highest BCUT2D eigenvalue weighted by Crippen LogP contribution is 2.62. The molecule has 1 aromatic heterocycles. The summed E-state index contributed by atoms with van der Waals surface area (Å²) in [6.45, 7) is 0. The van der Waals surface area contributed by atoms with Crippen molar-refractivity contribution in [3.05, 3.63) is 22.4 Å². The van der Waals surface area contributed by atoms with Crippen molar-refractivity contribution in [3.8, 4) is 0 Å². The number of thiophene rings is 1. The lowest BCUT2D eigenvalue weighted by Crippen LogP contribution is -2.54. The summed E-state index contributed by atoms with van der Waals surface area (Å²) in [5.74, 6) is 2.00. The summed E-state index contributed by atoms with van der Waals surface area (Å²) in [6, 6.07) is 3.72. The van der Waals surface area contributed by atoms with E-state index >= 15 is 0 Å². The van der Waals surface area contributed by atoms with Crippen LogP contribution in [0.25, 0.3) is 0 Å². The van der Waals surface area contributed by atoms with E-state index < -0.39 is 15.1 Å². The van der Waals surface area contributed by atoms with Gasteiger partial charge in [0.2, 0.25) is 0 Å². The monoisotopic (exact) mass is 338 g/mol. The van der Waals surface area contributed by atoms with Gasteiger partial charge >= 0.3 is 0 Å². The fraction of sp³-hybridized carbons (Fsp3) is 0.706. The van der Waals surface area contributed by atoms with Crippen LogP contribution in [0, 0.1) is 23.2 Å². The number of hydrogen-bond donors (Lipinski definition) is 0. The van der Waals surface area contributed by atoms with Crippen LogP contribution in [0.15, 0.2) is 17.5 Å². The topological polar surface area (TPSA) is 51.2 Å². The van der Waals surface area contributed by atoms with E-state index in [1.165, 1.54) is 30.6 Å². The molecule has 1 aromatic rings. The zero-order valence-electron chi connectivity index (χ0n) is 12.6. The zero-order chi connectivity index (χ0) is 15.4. The van der Waals surface area contributed by atoms with E-state index in [1.807, 2.05) is 17.5 Å². The lowest BCUT2D eigenvalue weighted by atomic mass is 9.49. The molecule has 5 heteroatoms. The third-order valence-electron chi connectivity index (χ3n) is 6.12. The Kier molecular flexibility index (Phi) is 3.49. The molecule has 0 radical (unpaired) electrons. The first-order valence-corrected chi connectivity index (χ1v) is 10.8. The van der Waals surface area contributed by atoms with Gasteiger partial charge in [-0.15, -0.1) is 11.3 Å². The van der Waals surface area contributed by atoms with Gasteiger partial charge in [0.1, 0.15) is 11.5 Å². The molecule has 3 nitrogen and oxygen atoms in total. The number of carbonyl (C=O) groups excluding carboxylic acids is 1. The van der Waals surface area contributed by atoms with E-state index in [0.29, 0.717) is 17.8 Å². The van der Waals surface area contributed by atoms with Crippen LogP contribution in [0.4, 0.5) is 0 Å². The molecule has 4 aliphatic rings. The fourth-order valence-corrected chi connectivity index (χ4v) is 8.96. The Labute approximate surface area is 136 Å². The second kappa shape index (κ2) is 5.17. The Balaban J connectivity index is 1.65. The van der Waals surface area contributed by atoms with Gasteiger partial charge in [-0.3, -0.25) is 0 Å². The highest BCUT2D eigenvalue weighted by atomic mass is 32.2. The number of rotatable bonds is 5. The summed E-state index contributed by atoms with van der Waals surface area (Å²) in [6.07, 6.45) is 7.39. The minimum absolute atomic E-state index is 0.0236. The quantitative estimate of drug-likeness (QED) is 0.773. The average Bonchev–Trinajstić information content (AvgIpc) is 2.88. The molecule has 4 fully saturated rings. The van der Waals surface area contributed by atoms with E-state index in [2.05, 4.69) is 0 Å². The maximum absolute atomic E-state index is 12.9. The molecule has 4 bridgehead atoms. The van der Waals surface area contributed by atoms with Crippen molar-refractivity contribution in [3.63, 3.8) is 0 Å². The van der Waals surface area contributed by atoms with Crippen molar-refractivity contribution >= 4 is 27.5 Å². The predicted molar refractivity (Wildman–Crippen MR) is 87.4 cm³/mol. The van der Waals surface area contributed by atoms with Crippen LogP contribution in [0.2, 0.25) is 0 Å². The van der Waals surface area contributed by atoms with Gasteiger partial charge in [-0.05, 0) is 73.1 Å². The Bertz CT molecular complexity index is 625. The molecule has 1 atom stereocenters. The molecule has 120 valence electrons. The predicted octanol–water partition coefficient (Wildman–Crippen LogP) is 3.45. The van der Waals surface area contributed by atoms with Crippen LogP contribution >= 0.6 is 11.3 Å². The summed E-state index contributed by atoms with van der Waals surface area (Å²) < 4.78 is 25.8. The molecule has 1 heterocycles. The molecule has 0 aromatic carbocycles. The molecule has 22 heavy (non-hydrogen) atoms. The molecule has 5 rings (SSSR count). The van der Waals surface area contributed by atoms with Gasteiger partial charge < -0.3 is 4.79 Å². The number of aldehydes is 1. The smallest absolute Gasteiger partial charge is 0.165 e. The molecule has 4 aliphatic carbocycles. The standard InChI is InChI=1S/C17H22O3S2/c18-10-16(22(19,20)11-15-2-1-3-21-15)17-7-12-4-13(8-17)6-14(5-12)9-17/h1-3,10,12-14,16H,4-9,11H2. The van der Waals surface area contributed by atoms with Crippen molar-refractivity contribution in [2.24, 2.45) is 23.2 Å². The van der Waals surface area contributed by atoms with E-state index in [0.717, 1.165) is 30.4 Å². The SMILES string of the molecule is O=CC(C12CC3CC(CC(C3)C1)C2)S(=O)(=O)Cc1cccs1. The van der Waals surface area contributed by atoms with Crippen LogP contribution < -0.4 is 0 Å². The van der Waals surface area contributed by atoms with E-state index in [4.69, 9.17) is 0 Å². The van der Waals surface area contributed by atoms with Crippen molar-refractivity contribution in [2.75, 3.05) is 0 Å². The third-order valence-corrected chi connectivity index (χ3v) is 9.28. The fourth-order valence-electron chi connectivity index (χ4n) is 5.82. The Hall–Kier alpha value is -0.680. The highest BCUT2D eigenvalue weighted by Gasteiger charge is 2.57. The van der Waals surface area contributed by atoms with Crippen LogP contribution in [0.3, 0.4) is 0 Å². The molecular weight excluding hydrogens is 316 g/mol. The summed E-state index contributed by atoms with van der Waals surface area (Å²) >= 11 is 1.46.